The monoisotopic (exact) mass is 264 g/mol. The fourth-order valence-corrected chi connectivity index (χ4v) is 1.21. The highest BCUT2D eigenvalue weighted by Gasteiger charge is 2.35. The molecule has 0 bridgehead atoms. The van der Waals surface area contributed by atoms with Crippen LogP contribution >= 0.6 is 0 Å². The molecule has 0 aliphatic heterocycles. The largest absolute Gasteiger partial charge is 0.427 e. The van der Waals surface area contributed by atoms with E-state index in [2.05, 4.69) is 10.3 Å². The van der Waals surface area contributed by atoms with Gasteiger partial charge in [-0.25, -0.2) is 0 Å². The lowest BCUT2D eigenvalue weighted by molar-refractivity contribution is -0.0893. The Hall–Kier alpha value is -1.40. The number of hydrogen-bond acceptors (Lipinski definition) is 4. The first-order chi connectivity index (χ1) is 8.67. The predicted molar refractivity (Wildman–Crippen MR) is 75.9 cm³/mol. The quantitative estimate of drug-likeness (QED) is 0.733. The maximum atomic E-state index is 11.3. The molecule has 0 aliphatic rings. The Morgan fingerprint density at radius 3 is 2.42 bits per heavy atom. The minimum absolute atomic E-state index is 0.218. The number of carbonyl (C=O) groups excluding carboxylic acids is 1. The molecule has 0 aliphatic carbocycles. The van der Waals surface area contributed by atoms with E-state index in [0.717, 1.165) is 5.46 Å². The lowest BCUT2D eigenvalue weighted by atomic mass is 9.83. The van der Waals surface area contributed by atoms with Crippen LogP contribution in [0.1, 0.15) is 38.2 Å². The van der Waals surface area contributed by atoms with E-state index in [9.17, 15) is 9.90 Å². The molecule has 6 heteroatoms. The third-order valence-electron chi connectivity index (χ3n) is 3.36. The third kappa shape index (κ3) is 4.04. The van der Waals surface area contributed by atoms with E-state index in [4.69, 9.17) is 4.65 Å². The van der Waals surface area contributed by atoms with Crippen molar-refractivity contribution in [2.24, 2.45) is 0 Å². The topological polar surface area (TPSA) is 71.5 Å². The Kier molecular flexibility index (Phi) is 4.71. The van der Waals surface area contributed by atoms with Gasteiger partial charge in [-0.05, 0) is 39.2 Å². The number of aliphatic hydroxyl groups is 1. The Morgan fingerprint density at radius 2 is 2.00 bits per heavy atom. The number of aromatic nitrogens is 1. The lowest BCUT2D eigenvalue weighted by Crippen LogP contribution is -2.49. The van der Waals surface area contributed by atoms with Crippen LogP contribution in [0.3, 0.4) is 0 Å². The summed E-state index contributed by atoms with van der Waals surface area (Å²) < 4.78 is 5.72. The summed E-state index contributed by atoms with van der Waals surface area (Å²) in [6.45, 7) is 7.08. The third-order valence-corrected chi connectivity index (χ3v) is 3.36. The molecule has 0 aromatic carbocycles. The van der Waals surface area contributed by atoms with Gasteiger partial charge in [0, 0.05) is 13.2 Å². The van der Waals surface area contributed by atoms with Crippen molar-refractivity contribution in [2.45, 2.75) is 38.9 Å². The molecule has 1 amide bonds. The van der Waals surface area contributed by atoms with Crippen LogP contribution in [-0.2, 0) is 4.65 Å². The van der Waals surface area contributed by atoms with Crippen molar-refractivity contribution in [1.29, 1.82) is 0 Å². The van der Waals surface area contributed by atoms with Gasteiger partial charge in [-0.15, -0.1) is 0 Å². The van der Waals surface area contributed by atoms with Crippen LogP contribution in [-0.4, -0.2) is 41.7 Å². The van der Waals surface area contributed by atoms with E-state index in [1.165, 1.54) is 0 Å². The van der Waals surface area contributed by atoms with Gasteiger partial charge < -0.3 is 15.1 Å². The highest BCUT2D eigenvalue weighted by Crippen LogP contribution is 2.24. The van der Waals surface area contributed by atoms with Crippen molar-refractivity contribution in [3.63, 3.8) is 0 Å². The fourth-order valence-electron chi connectivity index (χ4n) is 1.21. The van der Waals surface area contributed by atoms with Gasteiger partial charge in [0.15, 0.2) is 0 Å². The summed E-state index contributed by atoms with van der Waals surface area (Å²) in [5, 5.41) is 12.5. The number of nitrogens with zero attached hydrogens (tertiary/aromatic N) is 1. The van der Waals surface area contributed by atoms with E-state index < -0.39 is 11.2 Å². The van der Waals surface area contributed by atoms with Gasteiger partial charge >= 0.3 is 7.48 Å². The Labute approximate surface area is 114 Å². The molecule has 0 spiro atoms. The summed E-state index contributed by atoms with van der Waals surface area (Å²) in [6.07, 6.45) is 1.60. The zero-order chi connectivity index (χ0) is 14.7. The Bertz CT molecular complexity index is 438. The number of nitrogens with one attached hydrogen (secondary N) is 1. The van der Waals surface area contributed by atoms with E-state index in [1.54, 1.807) is 39.2 Å². The van der Waals surface area contributed by atoms with Gasteiger partial charge in [-0.3, -0.25) is 9.78 Å². The van der Waals surface area contributed by atoms with Crippen LogP contribution in [0.25, 0.3) is 0 Å². The average molecular weight is 264 g/mol. The first kappa shape index (κ1) is 15.7. The summed E-state index contributed by atoms with van der Waals surface area (Å²) in [4.78, 5) is 15.4. The maximum absolute atomic E-state index is 11.3. The number of pyridine rings is 1. The second-order valence-electron chi connectivity index (χ2n) is 5.49. The molecule has 5 nitrogen and oxygen atoms in total. The second kappa shape index (κ2) is 5.71. The van der Waals surface area contributed by atoms with Gasteiger partial charge in [-0.1, -0.05) is 6.07 Å². The van der Waals surface area contributed by atoms with E-state index in [-0.39, 0.29) is 5.91 Å². The Balaban J connectivity index is 2.67. The van der Waals surface area contributed by atoms with Crippen molar-refractivity contribution in [3.8, 4) is 0 Å². The number of carbonyl (C=O) groups is 1. The molecule has 19 heavy (non-hydrogen) atoms. The highest BCUT2D eigenvalue weighted by atomic mass is 16.5. The number of amides is 1. The molecule has 1 aromatic heterocycles. The molecule has 1 heterocycles. The van der Waals surface area contributed by atoms with Gasteiger partial charge in [0.2, 0.25) is 0 Å². The minimum Gasteiger partial charge on any atom is -0.427 e. The van der Waals surface area contributed by atoms with Crippen LogP contribution in [0, 0.1) is 0 Å². The smallest absolute Gasteiger partial charge is 0.311 e. The first-order valence-electron chi connectivity index (χ1n) is 6.21. The fraction of sp³-hybridized carbons (Fsp3) is 0.538. The summed E-state index contributed by atoms with van der Waals surface area (Å²) in [5.41, 5.74) is -0.396. The molecule has 1 rings (SSSR count). The summed E-state index contributed by atoms with van der Waals surface area (Å²) in [6, 6.07) is 3.44. The van der Waals surface area contributed by atoms with Crippen molar-refractivity contribution >= 4 is 18.9 Å². The molecular formula is C13H21BN2O3. The molecule has 0 saturated heterocycles. The molecule has 0 unspecified atom stereocenters. The van der Waals surface area contributed by atoms with Crippen LogP contribution < -0.4 is 10.8 Å². The van der Waals surface area contributed by atoms with Gasteiger partial charge in [0.1, 0.15) is 5.69 Å². The van der Waals surface area contributed by atoms with Crippen molar-refractivity contribution in [2.75, 3.05) is 7.05 Å². The van der Waals surface area contributed by atoms with Crippen LogP contribution in [0.5, 0.6) is 0 Å². The molecule has 0 saturated carbocycles. The molecule has 1 aromatic rings. The predicted octanol–water partition coefficient (Wildman–Crippen LogP) is -0.0159. The summed E-state index contributed by atoms with van der Waals surface area (Å²) in [5.74, 6) is -0.218. The van der Waals surface area contributed by atoms with Crippen molar-refractivity contribution in [1.82, 2.24) is 10.3 Å². The first-order valence-corrected chi connectivity index (χ1v) is 6.21. The minimum atomic E-state index is -0.942. The van der Waals surface area contributed by atoms with Crippen molar-refractivity contribution in [3.05, 3.63) is 24.0 Å². The zero-order valence-electron chi connectivity index (χ0n) is 12.2. The zero-order valence-corrected chi connectivity index (χ0v) is 12.2. The molecular weight excluding hydrogens is 243 g/mol. The summed E-state index contributed by atoms with van der Waals surface area (Å²) >= 11 is 0. The average Bonchev–Trinajstić information content (AvgIpc) is 2.35. The molecule has 0 fully saturated rings. The number of rotatable bonds is 5. The molecule has 0 radical (unpaired) electrons. The number of hydrogen-bond donors (Lipinski definition) is 2. The van der Waals surface area contributed by atoms with Crippen LogP contribution in [0.4, 0.5) is 0 Å². The SMILES string of the molecule is CNC(=O)c1ccc(BOC(C)(C)C(C)(C)O)cn1. The van der Waals surface area contributed by atoms with E-state index in [0.29, 0.717) is 13.2 Å². The molecule has 104 valence electrons. The molecule has 0 atom stereocenters. The van der Waals surface area contributed by atoms with Gasteiger partial charge in [0.05, 0.1) is 11.2 Å². The normalized spacial score (nSPS) is 12.1. The lowest BCUT2D eigenvalue weighted by Gasteiger charge is -2.37. The molecule has 2 N–H and O–H groups in total. The Morgan fingerprint density at radius 1 is 1.37 bits per heavy atom. The second-order valence-corrected chi connectivity index (χ2v) is 5.49. The van der Waals surface area contributed by atoms with Gasteiger partial charge in [-0.2, -0.15) is 0 Å². The van der Waals surface area contributed by atoms with Crippen LogP contribution in [0.15, 0.2) is 18.3 Å². The standard InChI is InChI=1S/C13H21BN2O3/c1-12(2,18)13(3,4)19-14-9-6-7-10(16-8-9)11(17)15-5/h6-8,14,18H,1-5H3,(H,15,17). The summed E-state index contributed by atoms with van der Waals surface area (Å²) in [7, 11) is 1.89. The van der Waals surface area contributed by atoms with E-state index in [1.807, 2.05) is 13.8 Å². The van der Waals surface area contributed by atoms with Crippen LogP contribution in [0.2, 0.25) is 0 Å². The maximum Gasteiger partial charge on any atom is 0.311 e. The highest BCUT2D eigenvalue weighted by molar-refractivity contribution is 6.46. The van der Waals surface area contributed by atoms with E-state index >= 15 is 0 Å². The van der Waals surface area contributed by atoms with Crippen molar-refractivity contribution < 1.29 is 14.6 Å². The van der Waals surface area contributed by atoms with Gasteiger partial charge in [0.25, 0.3) is 5.91 Å².